The molecule has 0 saturated carbocycles. The molecule has 0 atom stereocenters. The third-order valence-corrected chi connectivity index (χ3v) is 6.74. The second-order valence-corrected chi connectivity index (χ2v) is 9.45. The summed E-state index contributed by atoms with van der Waals surface area (Å²) in [5.74, 6) is -0.410. The molecule has 0 aliphatic heterocycles. The van der Waals surface area contributed by atoms with Gasteiger partial charge < -0.3 is 5.32 Å². The fourth-order valence-electron chi connectivity index (χ4n) is 3.04. The molecule has 3 rings (SSSR count). The van der Waals surface area contributed by atoms with Crippen LogP contribution in [0.25, 0.3) is 0 Å². The predicted molar refractivity (Wildman–Crippen MR) is 120 cm³/mol. The summed E-state index contributed by atoms with van der Waals surface area (Å²) < 4.78 is 27.8. The van der Waals surface area contributed by atoms with Crippen molar-refractivity contribution in [3.8, 4) is 0 Å². The van der Waals surface area contributed by atoms with E-state index in [0.29, 0.717) is 10.7 Å². The van der Waals surface area contributed by atoms with E-state index in [0.717, 1.165) is 16.7 Å². The van der Waals surface area contributed by atoms with Crippen LogP contribution in [0.4, 0.5) is 5.69 Å². The van der Waals surface area contributed by atoms with E-state index in [2.05, 4.69) is 5.32 Å². The van der Waals surface area contributed by atoms with Crippen LogP contribution in [-0.4, -0.2) is 25.2 Å². The molecule has 156 valence electrons. The van der Waals surface area contributed by atoms with E-state index in [1.54, 1.807) is 6.07 Å². The Bertz CT molecular complexity index is 1150. The Kier molecular flexibility index (Phi) is 6.92. The van der Waals surface area contributed by atoms with E-state index < -0.39 is 15.9 Å². The molecule has 0 radical (unpaired) electrons. The molecule has 3 aromatic carbocycles. The second-order valence-electron chi connectivity index (χ2n) is 7.07. The minimum Gasteiger partial charge on any atom is -0.325 e. The van der Waals surface area contributed by atoms with Gasteiger partial charge in [-0.05, 0) is 66.9 Å². The molecule has 30 heavy (non-hydrogen) atoms. The van der Waals surface area contributed by atoms with Gasteiger partial charge >= 0.3 is 0 Å². The lowest BCUT2D eigenvalue weighted by molar-refractivity contribution is -0.116. The molecule has 5 nitrogen and oxygen atoms in total. The Labute approximate surface area is 182 Å². The van der Waals surface area contributed by atoms with Crippen LogP contribution in [0, 0.1) is 13.8 Å². The zero-order chi connectivity index (χ0) is 21.7. The molecule has 7 heteroatoms. The van der Waals surface area contributed by atoms with Gasteiger partial charge in [0.25, 0.3) is 0 Å². The summed E-state index contributed by atoms with van der Waals surface area (Å²) in [6, 6.07) is 20.8. The Balaban J connectivity index is 1.89. The Morgan fingerprint density at radius 3 is 2.33 bits per heavy atom. The van der Waals surface area contributed by atoms with Gasteiger partial charge in [-0.15, -0.1) is 0 Å². The lowest BCUT2D eigenvalue weighted by Crippen LogP contribution is -2.37. The van der Waals surface area contributed by atoms with Crippen molar-refractivity contribution in [3.05, 3.63) is 94.5 Å². The molecule has 0 unspecified atom stereocenters. The topological polar surface area (TPSA) is 66.5 Å². The van der Waals surface area contributed by atoms with E-state index >= 15 is 0 Å². The zero-order valence-electron chi connectivity index (χ0n) is 16.8. The van der Waals surface area contributed by atoms with Crippen molar-refractivity contribution in [3.63, 3.8) is 0 Å². The van der Waals surface area contributed by atoms with Crippen molar-refractivity contribution in [1.82, 2.24) is 4.31 Å². The first-order chi connectivity index (χ1) is 14.3. The third kappa shape index (κ3) is 5.48. The fraction of sp³-hybridized carbons (Fsp3) is 0.174. The van der Waals surface area contributed by atoms with Gasteiger partial charge in [-0.2, -0.15) is 4.31 Å². The average Bonchev–Trinajstić information content (AvgIpc) is 2.69. The maximum atomic E-state index is 13.3. The van der Waals surface area contributed by atoms with E-state index in [9.17, 15) is 13.2 Å². The second kappa shape index (κ2) is 9.43. The maximum Gasteiger partial charge on any atom is 0.243 e. The fourth-order valence-corrected chi connectivity index (χ4v) is 4.54. The highest BCUT2D eigenvalue weighted by molar-refractivity contribution is 7.89. The summed E-state index contributed by atoms with van der Waals surface area (Å²) in [7, 11) is -3.91. The minimum absolute atomic E-state index is 0.0822. The van der Waals surface area contributed by atoms with Gasteiger partial charge in [0.05, 0.1) is 11.4 Å². The largest absolute Gasteiger partial charge is 0.325 e. The summed E-state index contributed by atoms with van der Waals surface area (Å²) in [5, 5.41) is 3.22. The summed E-state index contributed by atoms with van der Waals surface area (Å²) >= 11 is 5.91. The van der Waals surface area contributed by atoms with Crippen molar-refractivity contribution in [2.75, 3.05) is 11.9 Å². The molecule has 0 aliphatic rings. The minimum atomic E-state index is -3.91. The Hall–Kier alpha value is -2.67. The molecule has 0 heterocycles. The molecule has 0 aliphatic carbocycles. The number of carbonyl (C=O) groups is 1. The van der Waals surface area contributed by atoms with Crippen molar-refractivity contribution in [2.24, 2.45) is 0 Å². The highest BCUT2D eigenvalue weighted by Crippen LogP contribution is 2.22. The molecule has 3 aromatic rings. The van der Waals surface area contributed by atoms with Gasteiger partial charge in [0, 0.05) is 17.3 Å². The van der Waals surface area contributed by atoms with Crippen molar-refractivity contribution < 1.29 is 13.2 Å². The van der Waals surface area contributed by atoms with Gasteiger partial charge in [-0.25, -0.2) is 8.42 Å². The Morgan fingerprint density at radius 1 is 0.967 bits per heavy atom. The first-order valence-corrected chi connectivity index (χ1v) is 11.2. The van der Waals surface area contributed by atoms with Crippen LogP contribution in [0.2, 0.25) is 5.02 Å². The quantitative estimate of drug-likeness (QED) is 0.572. The molecule has 0 bridgehead atoms. The summed E-state index contributed by atoms with van der Waals surface area (Å²) in [6.45, 7) is 3.60. The van der Waals surface area contributed by atoms with Crippen LogP contribution >= 0.6 is 11.6 Å². The highest BCUT2D eigenvalue weighted by atomic mass is 35.5. The summed E-state index contributed by atoms with van der Waals surface area (Å²) in [6.07, 6.45) is 0. The van der Waals surface area contributed by atoms with E-state index in [1.807, 2.05) is 56.3 Å². The monoisotopic (exact) mass is 442 g/mol. The number of benzene rings is 3. The standard InChI is InChI=1S/C23H23ClN2O3S/c1-17-6-5-9-21(14-17)25-23(27)16-26(15-19-8-4-3-7-18(19)2)30(28,29)22-12-10-20(24)11-13-22/h3-14H,15-16H2,1-2H3,(H,25,27). The molecular formula is C23H23ClN2O3S. The van der Waals surface area contributed by atoms with Gasteiger partial charge in [0.15, 0.2) is 0 Å². The molecule has 0 fully saturated rings. The number of hydrogen-bond acceptors (Lipinski definition) is 3. The predicted octanol–water partition coefficient (Wildman–Crippen LogP) is 4.79. The number of hydrogen-bond donors (Lipinski definition) is 1. The van der Waals surface area contributed by atoms with Gasteiger partial charge in [-0.3, -0.25) is 4.79 Å². The zero-order valence-corrected chi connectivity index (χ0v) is 18.4. The summed E-state index contributed by atoms with van der Waals surface area (Å²) in [4.78, 5) is 12.8. The van der Waals surface area contributed by atoms with Crippen molar-refractivity contribution in [1.29, 1.82) is 0 Å². The number of nitrogens with one attached hydrogen (secondary N) is 1. The maximum absolute atomic E-state index is 13.3. The number of halogens is 1. The SMILES string of the molecule is Cc1cccc(NC(=O)CN(Cc2ccccc2C)S(=O)(=O)c2ccc(Cl)cc2)c1. The van der Waals surface area contributed by atoms with Gasteiger partial charge in [-0.1, -0.05) is 48.0 Å². The Morgan fingerprint density at radius 2 is 1.67 bits per heavy atom. The normalized spacial score (nSPS) is 11.5. The molecular weight excluding hydrogens is 420 g/mol. The third-order valence-electron chi connectivity index (χ3n) is 4.68. The molecule has 0 spiro atoms. The molecule has 0 saturated heterocycles. The number of amides is 1. The van der Waals surface area contributed by atoms with E-state index in [-0.39, 0.29) is 18.0 Å². The van der Waals surface area contributed by atoms with Crippen LogP contribution in [0.3, 0.4) is 0 Å². The van der Waals surface area contributed by atoms with E-state index in [1.165, 1.54) is 28.6 Å². The van der Waals surface area contributed by atoms with Crippen LogP contribution in [0.15, 0.2) is 77.7 Å². The number of rotatable bonds is 7. The highest BCUT2D eigenvalue weighted by Gasteiger charge is 2.27. The van der Waals surface area contributed by atoms with Crippen LogP contribution < -0.4 is 5.32 Å². The number of anilines is 1. The van der Waals surface area contributed by atoms with E-state index in [4.69, 9.17) is 11.6 Å². The van der Waals surface area contributed by atoms with Crippen molar-refractivity contribution >= 4 is 33.2 Å². The lowest BCUT2D eigenvalue weighted by Gasteiger charge is -2.23. The molecule has 1 amide bonds. The number of aryl methyl sites for hydroxylation is 2. The van der Waals surface area contributed by atoms with Crippen LogP contribution in [0.5, 0.6) is 0 Å². The molecule has 1 N–H and O–H groups in total. The van der Waals surface area contributed by atoms with Crippen molar-refractivity contribution in [2.45, 2.75) is 25.3 Å². The molecule has 0 aromatic heterocycles. The van der Waals surface area contributed by atoms with Gasteiger partial charge in [0.1, 0.15) is 0 Å². The number of nitrogens with zero attached hydrogens (tertiary/aromatic N) is 1. The number of carbonyl (C=O) groups excluding carboxylic acids is 1. The lowest BCUT2D eigenvalue weighted by atomic mass is 10.1. The summed E-state index contributed by atoms with van der Waals surface area (Å²) in [5.41, 5.74) is 3.41. The smallest absolute Gasteiger partial charge is 0.243 e. The van der Waals surface area contributed by atoms with Crippen LogP contribution in [0.1, 0.15) is 16.7 Å². The first-order valence-electron chi connectivity index (χ1n) is 9.42. The van der Waals surface area contributed by atoms with Crippen LogP contribution in [-0.2, 0) is 21.4 Å². The number of sulfonamides is 1. The average molecular weight is 443 g/mol. The van der Waals surface area contributed by atoms with Gasteiger partial charge in [0.2, 0.25) is 15.9 Å². The first kappa shape index (κ1) is 22.0.